The first-order valence-electron chi connectivity index (χ1n) is 8.62. The molecule has 0 aliphatic heterocycles. The summed E-state index contributed by atoms with van der Waals surface area (Å²) in [6, 6.07) is 3.72. The van der Waals surface area contributed by atoms with Crippen LogP contribution in [0.1, 0.15) is 87.1 Å². The van der Waals surface area contributed by atoms with Gasteiger partial charge in [-0.2, -0.15) is 0 Å². The van der Waals surface area contributed by atoms with E-state index in [1.165, 1.54) is 57.8 Å². The van der Waals surface area contributed by atoms with Gasteiger partial charge >= 0.3 is 0 Å². The topological polar surface area (TPSA) is 12.0 Å². The minimum atomic E-state index is 0.527. The molecular formula is C18H31NS. The summed E-state index contributed by atoms with van der Waals surface area (Å²) in [6.45, 7) is 6.95. The number of fused-ring (bicyclic) bond motifs is 1. The fourth-order valence-corrected chi connectivity index (χ4v) is 4.54. The zero-order chi connectivity index (χ0) is 14.4. The van der Waals surface area contributed by atoms with E-state index in [-0.39, 0.29) is 0 Å². The molecule has 0 saturated carbocycles. The number of rotatable bonds is 8. The van der Waals surface area contributed by atoms with E-state index in [0.717, 1.165) is 0 Å². The first-order valence-corrected chi connectivity index (χ1v) is 9.43. The first-order chi connectivity index (χ1) is 9.74. The Labute approximate surface area is 129 Å². The predicted octanol–water partition coefficient (Wildman–Crippen LogP) is 5.64. The fraction of sp³-hybridized carbons (Fsp3) is 0.778. The molecule has 0 aromatic carbocycles. The second-order valence-corrected chi connectivity index (χ2v) is 7.49. The van der Waals surface area contributed by atoms with Gasteiger partial charge in [-0.3, -0.25) is 0 Å². The van der Waals surface area contributed by atoms with Crippen molar-refractivity contribution >= 4 is 11.3 Å². The molecule has 2 rings (SSSR count). The van der Waals surface area contributed by atoms with E-state index in [2.05, 4.69) is 43.5 Å². The zero-order valence-corrected chi connectivity index (χ0v) is 14.3. The molecule has 1 nitrogen and oxygen atoms in total. The third-order valence-electron chi connectivity index (χ3n) is 4.47. The minimum absolute atomic E-state index is 0.527. The van der Waals surface area contributed by atoms with E-state index in [4.69, 9.17) is 0 Å². The highest BCUT2D eigenvalue weighted by atomic mass is 32.1. The maximum Gasteiger partial charge on any atom is 0.0388 e. The molecule has 114 valence electrons. The maximum absolute atomic E-state index is 3.89. The molecule has 2 heteroatoms. The Kier molecular flexibility index (Phi) is 6.57. The second-order valence-electron chi connectivity index (χ2n) is 6.32. The molecule has 2 atom stereocenters. The number of aryl methyl sites for hydroxylation is 2. The molecule has 1 aromatic rings. The van der Waals surface area contributed by atoms with Crippen molar-refractivity contribution in [2.45, 2.75) is 90.6 Å². The van der Waals surface area contributed by atoms with Crippen molar-refractivity contribution in [3.63, 3.8) is 0 Å². The molecule has 2 unspecified atom stereocenters. The summed E-state index contributed by atoms with van der Waals surface area (Å²) in [5.74, 6) is 0. The van der Waals surface area contributed by atoms with Gasteiger partial charge < -0.3 is 5.32 Å². The van der Waals surface area contributed by atoms with Gasteiger partial charge in [0.1, 0.15) is 0 Å². The molecule has 20 heavy (non-hydrogen) atoms. The summed E-state index contributed by atoms with van der Waals surface area (Å²) >= 11 is 2.06. The quantitative estimate of drug-likeness (QED) is 0.654. The molecule has 1 aliphatic rings. The smallest absolute Gasteiger partial charge is 0.0388 e. The summed E-state index contributed by atoms with van der Waals surface area (Å²) < 4.78 is 0. The van der Waals surface area contributed by atoms with Crippen molar-refractivity contribution in [3.05, 3.63) is 21.4 Å². The average molecular weight is 294 g/mol. The molecule has 0 bridgehead atoms. The Hall–Kier alpha value is -0.340. The third-order valence-corrected chi connectivity index (χ3v) is 5.89. The van der Waals surface area contributed by atoms with Crippen LogP contribution in [-0.4, -0.2) is 6.04 Å². The molecule has 1 aromatic heterocycles. The van der Waals surface area contributed by atoms with Gasteiger partial charge in [0.05, 0.1) is 0 Å². The van der Waals surface area contributed by atoms with Crippen LogP contribution in [0.3, 0.4) is 0 Å². The van der Waals surface area contributed by atoms with Crippen LogP contribution in [0.4, 0.5) is 0 Å². The molecule has 0 saturated heterocycles. The van der Waals surface area contributed by atoms with Crippen LogP contribution in [0, 0.1) is 0 Å². The normalized spacial score (nSPS) is 17.8. The van der Waals surface area contributed by atoms with Gasteiger partial charge in [0, 0.05) is 21.8 Å². The number of hydrogen-bond acceptors (Lipinski definition) is 2. The van der Waals surface area contributed by atoms with Crippen LogP contribution in [0.25, 0.3) is 0 Å². The molecule has 0 radical (unpaired) electrons. The third kappa shape index (κ3) is 4.33. The average Bonchev–Trinajstić information content (AvgIpc) is 2.89. The Morgan fingerprint density at radius 1 is 1.15 bits per heavy atom. The number of hydrogen-bond donors (Lipinski definition) is 1. The van der Waals surface area contributed by atoms with Crippen molar-refractivity contribution in [1.82, 2.24) is 5.32 Å². The van der Waals surface area contributed by atoms with Gasteiger partial charge in [-0.1, -0.05) is 33.1 Å². The molecular weight excluding hydrogens is 262 g/mol. The number of thiophene rings is 1. The zero-order valence-electron chi connectivity index (χ0n) is 13.5. The van der Waals surface area contributed by atoms with Crippen LogP contribution in [0.5, 0.6) is 0 Å². The van der Waals surface area contributed by atoms with Crippen LogP contribution in [-0.2, 0) is 12.8 Å². The Balaban J connectivity index is 1.94. The van der Waals surface area contributed by atoms with Crippen molar-refractivity contribution < 1.29 is 0 Å². The monoisotopic (exact) mass is 293 g/mol. The molecule has 0 spiro atoms. The molecule has 0 fully saturated rings. The summed E-state index contributed by atoms with van der Waals surface area (Å²) in [4.78, 5) is 3.23. The van der Waals surface area contributed by atoms with Crippen LogP contribution in [0.2, 0.25) is 0 Å². The summed E-state index contributed by atoms with van der Waals surface area (Å²) in [5, 5.41) is 3.89. The van der Waals surface area contributed by atoms with Crippen LogP contribution < -0.4 is 5.32 Å². The van der Waals surface area contributed by atoms with E-state index in [0.29, 0.717) is 12.1 Å². The highest BCUT2D eigenvalue weighted by Crippen LogP contribution is 2.33. The van der Waals surface area contributed by atoms with Crippen molar-refractivity contribution in [2.24, 2.45) is 0 Å². The second kappa shape index (κ2) is 8.19. The highest BCUT2D eigenvalue weighted by Gasteiger charge is 2.18. The molecule has 1 heterocycles. The molecule has 1 N–H and O–H groups in total. The summed E-state index contributed by atoms with van der Waals surface area (Å²) in [5.41, 5.74) is 1.64. The largest absolute Gasteiger partial charge is 0.307 e. The van der Waals surface area contributed by atoms with Gasteiger partial charge in [0.2, 0.25) is 0 Å². The van der Waals surface area contributed by atoms with E-state index < -0.39 is 0 Å². The van der Waals surface area contributed by atoms with Crippen LogP contribution >= 0.6 is 11.3 Å². The van der Waals surface area contributed by atoms with Gasteiger partial charge in [0.25, 0.3) is 0 Å². The van der Waals surface area contributed by atoms with Gasteiger partial charge in [-0.05, 0) is 57.1 Å². The van der Waals surface area contributed by atoms with E-state index in [9.17, 15) is 0 Å². The number of nitrogens with one attached hydrogen (secondary N) is 1. The Morgan fingerprint density at radius 3 is 2.65 bits per heavy atom. The standard InChI is InChI=1S/C18H31NS/c1-4-6-11-16(9-5-2)19-14(3)18-13-15-10-7-8-12-17(15)20-18/h13-14,16,19H,4-12H2,1-3H3. The van der Waals surface area contributed by atoms with E-state index >= 15 is 0 Å². The van der Waals surface area contributed by atoms with Gasteiger partial charge in [-0.25, -0.2) is 0 Å². The lowest BCUT2D eigenvalue weighted by Gasteiger charge is -2.22. The van der Waals surface area contributed by atoms with E-state index in [1.807, 2.05) is 0 Å². The van der Waals surface area contributed by atoms with Crippen molar-refractivity contribution in [3.8, 4) is 0 Å². The van der Waals surface area contributed by atoms with Crippen molar-refractivity contribution in [1.29, 1.82) is 0 Å². The summed E-state index contributed by atoms with van der Waals surface area (Å²) in [7, 11) is 0. The van der Waals surface area contributed by atoms with Crippen LogP contribution in [0.15, 0.2) is 6.07 Å². The predicted molar refractivity (Wildman–Crippen MR) is 90.7 cm³/mol. The lowest BCUT2D eigenvalue weighted by Crippen LogP contribution is -2.31. The SMILES string of the molecule is CCCCC(CCC)NC(C)c1cc2c(s1)CCCC2. The number of unbranched alkanes of at least 4 members (excludes halogenated alkanes) is 1. The van der Waals surface area contributed by atoms with Crippen molar-refractivity contribution in [2.75, 3.05) is 0 Å². The van der Waals surface area contributed by atoms with Gasteiger partial charge in [0.15, 0.2) is 0 Å². The fourth-order valence-electron chi connectivity index (χ4n) is 3.27. The highest BCUT2D eigenvalue weighted by molar-refractivity contribution is 7.12. The Bertz CT molecular complexity index is 373. The van der Waals surface area contributed by atoms with Gasteiger partial charge in [-0.15, -0.1) is 11.3 Å². The molecule has 0 amide bonds. The lowest BCUT2D eigenvalue weighted by molar-refractivity contribution is 0.398. The van der Waals surface area contributed by atoms with E-state index in [1.54, 1.807) is 15.3 Å². The molecule has 1 aliphatic carbocycles. The minimum Gasteiger partial charge on any atom is -0.307 e. The maximum atomic E-state index is 3.89. The Morgan fingerprint density at radius 2 is 1.95 bits per heavy atom. The first kappa shape index (κ1) is 16.0. The summed E-state index contributed by atoms with van der Waals surface area (Å²) in [6.07, 6.45) is 12.0. The lowest BCUT2D eigenvalue weighted by atomic mass is 9.98.